The maximum absolute atomic E-state index is 14.1. The van der Waals surface area contributed by atoms with Gasteiger partial charge in [-0.2, -0.15) is 0 Å². The minimum Gasteiger partial charge on any atom is -0.361 e. The monoisotopic (exact) mass is 507 g/mol. The van der Waals surface area contributed by atoms with Crippen molar-refractivity contribution in [3.63, 3.8) is 0 Å². The normalized spacial score (nSPS) is 25.7. The fourth-order valence-electron chi connectivity index (χ4n) is 6.47. The molecule has 2 fully saturated rings. The molecule has 10 nitrogen and oxygen atoms in total. The summed E-state index contributed by atoms with van der Waals surface area (Å²) in [5.74, 6) is -3.30. The molecule has 3 aliphatic heterocycles. The molecule has 1 spiro atoms. The fraction of sp³-hybridized carbons (Fsp3) is 0.179. The highest BCUT2D eigenvalue weighted by Crippen LogP contribution is 2.54. The zero-order valence-electron chi connectivity index (χ0n) is 19.9. The van der Waals surface area contributed by atoms with Gasteiger partial charge in [0.15, 0.2) is 0 Å². The molecule has 7 rings (SSSR count). The fourth-order valence-corrected chi connectivity index (χ4v) is 6.47. The third-order valence-electron chi connectivity index (χ3n) is 8.04. The summed E-state index contributed by atoms with van der Waals surface area (Å²) in [4.78, 5) is 56.8. The van der Waals surface area contributed by atoms with Gasteiger partial charge >= 0.3 is 0 Å². The van der Waals surface area contributed by atoms with Gasteiger partial charge in [-0.05, 0) is 30.2 Å². The van der Waals surface area contributed by atoms with Crippen LogP contribution < -0.4 is 15.5 Å². The average molecular weight is 508 g/mol. The summed E-state index contributed by atoms with van der Waals surface area (Å²) in [6.07, 6.45) is 2.28. The number of nitrogens with one attached hydrogen (secondary N) is 3. The molecule has 10 heteroatoms. The molecule has 3 aromatic carbocycles. The number of hydrogen-bond donors (Lipinski definition) is 3. The van der Waals surface area contributed by atoms with Crippen LogP contribution in [-0.2, 0) is 26.3 Å². The number of nitro benzene ring substituents is 1. The lowest BCUT2D eigenvalue weighted by Gasteiger charge is -2.29. The van der Waals surface area contributed by atoms with Gasteiger partial charge in [-0.25, -0.2) is 4.90 Å². The van der Waals surface area contributed by atoms with Crippen molar-refractivity contribution >= 4 is 45.7 Å². The third kappa shape index (κ3) is 2.88. The summed E-state index contributed by atoms with van der Waals surface area (Å²) >= 11 is 0. The predicted molar refractivity (Wildman–Crippen MR) is 138 cm³/mol. The van der Waals surface area contributed by atoms with E-state index in [9.17, 15) is 24.5 Å². The smallest absolute Gasteiger partial charge is 0.271 e. The van der Waals surface area contributed by atoms with E-state index < -0.39 is 46.1 Å². The van der Waals surface area contributed by atoms with E-state index in [1.807, 2.05) is 30.5 Å². The van der Waals surface area contributed by atoms with Gasteiger partial charge in [-0.3, -0.25) is 29.8 Å². The number of imide groups is 1. The minimum absolute atomic E-state index is 0.122. The molecule has 38 heavy (non-hydrogen) atoms. The average Bonchev–Trinajstić information content (AvgIpc) is 3.63. The van der Waals surface area contributed by atoms with E-state index in [2.05, 4.69) is 15.6 Å². The molecular weight excluding hydrogens is 486 g/mol. The molecule has 0 bridgehead atoms. The van der Waals surface area contributed by atoms with E-state index in [1.165, 1.54) is 24.3 Å². The largest absolute Gasteiger partial charge is 0.361 e. The van der Waals surface area contributed by atoms with Crippen LogP contribution >= 0.6 is 0 Å². The Balaban J connectivity index is 1.37. The molecule has 3 N–H and O–H groups in total. The molecule has 3 aliphatic rings. The zero-order chi connectivity index (χ0) is 26.2. The Hall–Kier alpha value is -4.83. The van der Waals surface area contributed by atoms with Crippen LogP contribution in [0.4, 0.5) is 17.1 Å². The van der Waals surface area contributed by atoms with Gasteiger partial charge in [-0.1, -0.05) is 42.5 Å². The van der Waals surface area contributed by atoms with E-state index in [0.29, 0.717) is 17.7 Å². The van der Waals surface area contributed by atoms with E-state index in [4.69, 9.17) is 0 Å². The summed E-state index contributed by atoms with van der Waals surface area (Å²) in [6, 6.07) is 19.9. The first-order valence-corrected chi connectivity index (χ1v) is 12.3. The van der Waals surface area contributed by atoms with Crippen LogP contribution in [-0.4, -0.2) is 33.7 Å². The van der Waals surface area contributed by atoms with Crippen molar-refractivity contribution in [2.24, 2.45) is 11.8 Å². The third-order valence-corrected chi connectivity index (χ3v) is 8.04. The number of nitro groups is 1. The lowest BCUT2D eigenvalue weighted by Crippen LogP contribution is -2.53. The van der Waals surface area contributed by atoms with Crippen molar-refractivity contribution in [2.75, 3.05) is 10.2 Å². The highest BCUT2D eigenvalue weighted by atomic mass is 16.6. The first kappa shape index (κ1) is 22.4. The highest BCUT2D eigenvalue weighted by Gasteiger charge is 2.70. The predicted octanol–water partition coefficient (Wildman–Crippen LogP) is 3.24. The molecule has 0 saturated carbocycles. The number of carbonyl (C=O) groups excluding carboxylic acids is 3. The summed E-state index contributed by atoms with van der Waals surface area (Å²) in [5.41, 5.74) is 1.55. The lowest BCUT2D eigenvalue weighted by atomic mass is 9.76. The van der Waals surface area contributed by atoms with Gasteiger partial charge in [0.1, 0.15) is 5.54 Å². The molecular formula is C28H21N5O5. The van der Waals surface area contributed by atoms with E-state index in [-0.39, 0.29) is 11.4 Å². The van der Waals surface area contributed by atoms with Gasteiger partial charge in [-0.15, -0.1) is 0 Å². The van der Waals surface area contributed by atoms with E-state index in [1.54, 1.807) is 24.3 Å². The zero-order valence-corrected chi connectivity index (χ0v) is 19.9. The van der Waals surface area contributed by atoms with Gasteiger partial charge < -0.3 is 10.3 Å². The summed E-state index contributed by atoms with van der Waals surface area (Å²) in [7, 11) is 0. The van der Waals surface area contributed by atoms with Crippen molar-refractivity contribution in [1.82, 2.24) is 10.3 Å². The topological polar surface area (TPSA) is 137 Å². The highest BCUT2D eigenvalue weighted by molar-refractivity contribution is 6.26. The minimum atomic E-state index is -1.44. The molecule has 0 radical (unpaired) electrons. The van der Waals surface area contributed by atoms with Gasteiger partial charge in [0.05, 0.1) is 22.4 Å². The summed E-state index contributed by atoms with van der Waals surface area (Å²) in [5, 5.41) is 18.7. The van der Waals surface area contributed by atoms with Crippen molar-refractivity contribution < 1.29 is 19.3 Å². The number of para-hydroxylation sites is 2. The first-order chi connectivity index (χ1) is 18.4. The lowest BCUT2D eigenvalue weighted by molar-refractivity contribution is -0.384. The van der Waals surface area contributed by atoms with Gasteiger partial charge in [0.25, 0.3) is 5.69 Å². The van der Waals surface area contributed by atoms with Crippen LogP contribution in [0.5, 0.6) is 0 Å². The number of non-ortho nitro benzene ring substituents is 1. The molecule has 0 aliphatic carbocycles. The van der Waals surface area contributed by atoms with Crippen molar-refractivity contribution in [3.05, 3.63) is 100 Å². The number of hydrogen-bond acceptors (Lipinski definition) is 6. The number of rotatable bonds is 4. The second kappa shape index (κ2) is 7.83. The van der Waals surface area contributed by atoms with Crippen molar-refractivity contribution in [3.8, 4) is 0 Å². The number of anilines is 2. The number of amides is 3. The maximum atomic E-state index is 14.1. The number of aromatic nitrogens is 1. The Morgan fingerprint density at radius 2 is 1.74 bits per heavy atom. The van der Waals surface area contributed by atoms with Crippen LogP contribution in [0.3, 0.4) is 0 Å². The molecule has 1 aromatic heterocycles. The molecule has 188 valence electrons. The van der Waals surface area contributed by atoms with E-state index >= 15 is 0 Å². The van der Waals surface area contributed by atoms with Crippen LogP contribution in [0, 0.1) is 22.0 Å². The Bertz CT molecular complexity index is 1700. The Morgan fingerprint density at radius 1 is 0.947 bits per heavy atom. The second-order valence-electron chi connectivity index (χ2n) is 9.91. The van der Waals surface area contributed by atoms with Gasteiger partial charge in [0, 0.05) is 46.5 Å². The Morgan fingerprint density at radius 3 is 2.58 bits per heavy atom. The SMILES string of the molecule is O=C1[C@@H]2[C@H](Cc3c[nH]c4ccccc34)N[C@]3(C(=O)Nc4ccccc43)[C@@H]2C(=O)N1c1cccc([N+](=O)[O-])c1. The number of nitrogens with zero attached hydrogens (tertiary/aromatic N) is 2. The Labute approximate surface area is 215 Å². The van der Waals surface area contributed by atoms with E-state index in [0.717, 1.165) is 21.4 Å². The number of benzene rings is 3. The first-order valence-electron chi connectivity index (χ1n) is 12.3. The molecule has 4 atom stereocenters. The number of carbonyl (C=O) groups is 3. The number of fused-ring (bicyclic) bond motifs is 5. The van der Waals surface area contributed by atoms with Crippen molar-refractivity contribution in [2.45, 2.75) is 18.0 Å². The summed E-state index contributed by atoms with van der Waals surface area (Å²) in [6.45, 7) is 0. The number of H-pyrrole nitrogens is 1. The molecule has 3 amide bonds. The second-order valence-corrected chi connectivity index (χ2v) is 9.91. The van der Waals surface area contributed by atoms with Crippen LogP contribution in [0.25, 0.3) is 10.9 Å². The molecule has 4 aromatic rings. The van der Waals surface area contributed by atoms with Crippen LogP contribution in [0.15, 0.2) is 79.0 Å². The van der Waals surface area contributed by atoms with Gasteiger partial charge in [0.2, 0.25) is 17.7 Å². The molecule has 4 heterocycles. The summed E-state index contributed by atoms with van der Waals surface area (Å²) < 4.78 is 0. The molecule has 0 unspecified atom stereocenters. The standard InChI is InChI=1S/C28H21N5O5/c34-25-23-22(12-15-14-29-20-10-3-1-8-18(15)20)31-28(19-9-2-4-11-21(19)30-27(28)36)24(23)26(35)32(25)16-6-5-7-17(13-16)33(37)38/h1-11,13-14,22-24,29,31H,12H2,(H,30,36)/t22-,23+,24-,28-/m0/s1. The quantitative estimate of drug-likeness (QED) is 0.220. The van der Waals surface area contributed by atoms with Crippen LogP contribution in [0.2, 0.25) is 0 Å². The Kier molecular flexibility index (Phi) is 4.61. The maximum Gasteiger partial charge on any atom is 0.271 e. The number of aromatic amines is 1. The molecule has 2 saturated heterocycles. The van der Waals surface area contributed by atoms with Crippen molar-refractivity contribution in [1.29, 1.82) is 0 Å². The van der Waals surface area contributed by atoms with Crippen LogP contribution in [0.1, 0.15) is 11.1 Å².